The summed E-state index contributed by atoms with van der Waals surface area (Å²) in [7, 11) is 0. The van der Waals surface area contributed by atoms with Crippen molar-refractivity contribution in [2.24, 2.45) is 0 Å². The third-order valence-electron chi connectivity index (χ3n) is 8.96. The Balaban J connectivity index is 0.000000145. The van der Waals surface area contributed by atoms with Gasteiger partial charge in [0.15, 0.2) is 0 Å². The molecule has 0 unspecified atom stereocenters. The molecule has 58 heavy (non-hydrogen) atoms. The molecule has 4 heteroatoms. The molecule has 9 aromatic carbocycles. The molecule has 9 rings (SSSR count). The van der Waals surface area contributed by atoms with Crippen LogP contribution in [-0.4, -0.2) is 0 Å². The second-order valence-corrected chi connectivity index (χ2v) is 12.8. The molecule has 9 aromatic rings. The molecule has 0 amide bonds. The van der Waals surface area contributed by atoms with Crippen LogP contribution in [0.1, 0.15) is 0 Å². The zero-order valence-corrected chi connectivity index (χ0v) is 34.9. The fraction of sp³-hybridized carbons (Fsp3) is 0. The maximum absolute atomic E-state index is 3.06. The number of nitrogens with zero attached hydrogens (tertiary/aromatic N) is 3. The van der Waals surface area contributed by atoms with Gasteiger partial charge in [-0.2, -0.15) is 54.6 Å². The van der Waals surface area contributed by atoms with Gasteiger partial charge in [0.2, 0.25) is 0 Å². The van der Waals surface area contributed by atoms with E-state index in [4.69, 9.17) is 0 Å². The van der Waals surface area contributed by atoms with Crippen LogP contribution < -0.4 is 14.7 Å². The molecular weight excluding hydrogens is 874 g/mol. The van der Waals surface area contributed by atoms with Gasteiger partial charge in [-0.1, -0.05) is 126 Å². The van der Waals surface area contributed by atoms with Gasteiger partial charge in [-0.05, 0) is 72.8 Å². The molecule has 0 bridgehead atoms. The molecule has 0 radical (unpaired) electrons. The summed E-state index contributed by atoms with van der Waals surface area (Å²) in [5.74, 6) is 0. The molecule has 0 heterocycles. The minimum Gasteiger partial charge on any atom is -0.334 e. The Morgan fingerprint density at radius 2 is 0.328 bits per heavy atom. The molecule has 0 atom stereocenters. The maximum Gasteiger partial charge on any atom is 0.0438 e. The van der Waals surface area contributed by atoms with Crippen LogP contribution in [0.2, 0.25) is 0 Å². The third-order valence-corrected chi connectivity index (χ3v) is 8.96. The van der Waals surface area contributed by atoms with E-state index < -0.39 is 0 Å². The molecule has 0 aliphatic carbocycles. The van der Waals surface area contributed by atoms with Crippen LogP contribution in [0.15, 0.2) is 255 Å². The minimum atomic E-state index is 0. The van der Waals surface area contributed by atoms with Crippen LogP contribution in [0.3, 0.4) is 0 Å². The Hall–Kier alpha value is -6.93. The first kappa shape index (κ1) is 40.7. The van der Waals surface area contributed by atoms with Gasteiger partial charge in [-0.3, -0.25) is 0 Å². The van der Waals surface area contributed by atoms with Gasteiger partial charge in [0, 0.05) is 55.2 Å². The smallest absolute Gasteiger partial charge is 0.0438 e. The van der Waals surface area contributed by atoms with Crippen LogP contribution in [0.25, 0.3) is 0 Å². The quantitative estimate of drug-likeness (QED) is 0.134. The van der Waals surface area contributed by atoms with Gasteiger partial charge >= 0.3 is 0 Å². The van der Waals surface area contributed by atoms with Crippen molar-refractivity contribution in [2.75, 3.05) is 14.7 Å². The van der Waals surface area contributed by atoms with Crippen molar-refractivity contribution >= 4 is 51.2 Å². The van der Waals surface area contributed by atoms with E-state index in [1.54, 1.807) is 0 Å². The van der Waals surface area contributed by atoms with Crippen LogP contribution >= 0.6 is 0 Å². The Labute approximate surface area is 358 Å². The summed E-state index contributed by atoms with van der Waals surface area (Å²) in [4.78, 5) is 6.69. The van der Waals surface area contributed by atoms with E-state index in [0.29, 0.717) is 0 Å². The molecule has 0 aliphatic rings. The summed E-state index contributed by atoms with van der Waals surface area (Å²) in [5, 5.41) is 0. The Morgan fingerprint density at radius 1 is 0.190 bits per heavy atom. The first-order chi connectivity index (χ1) is 28.3. The van der Waals surface area contributed by atoms with Gasteiger partial charge in [0.1, 0.15) is 0 Å². The minimum absolute atomic E-state index is 0. The van der Waals surface area contributed by atoms with Crippen molar-refractivity contribution in [3.05, 3.63) is 273 Å². The second kappa shape index (κ2) is 22.0. The number of hydrogen-bond acceptors (Lipinski definition) is 3. The van der Waals surface area contributed by atoms with E-state index in [1.807, 2.05) is 72.8 Å². The Kier molecular flexibility index (Phi) is 15.4. The zero-order chi connectivity index (χ0) is 38.7. The van der Waals surface area contributed by atoms with E-state index in [9.17, 15) is 0 Å². The SMILES string of the molecule is [W].[c-]1ccc(N(c2ccccc2)c2ccccc2)cc1.[c-]1ccc(N(c2ccccc2)c2ccccc2)cc1.[c-]1ccc(N(c2ccccc2)c2ccccc2)cc1. The average molecular weight is 917 g/mol. The number of rotatable bonds is 9. The number of anilines is 9. The van der Waals surface area contributed by atoms with Crippen molar-refractivity contribution < 1.29 is 21.1 Å². The van der Waals surface area contributed by atoms with E-state index >= 15 is 0 Å². The van der Waals surface area contributed by atoms with E-state index in [0.717, 1.165) is 51.2 Å². The standard InChI is InChI=1S/3C18H14N.W/c3*1-4-10-16(11-5-1)19(17-12-6-2-7-13-17)18-14-8-3-9-15-18;/h3*1-2,4-15H;/q3*-1;. The molecule has 0 spiro atoms. The first-order valence-corrected chi connectivity index (χ1v) is 18.9. The molecule has 0 N–H and O–H groups in total. The molecule has 3 nitrogen and oxygen atoms in total. The summed E-state index contributed by atoms with van der Waals surface area (Å²) in [6.45, 7) is 0. The summed E-state index contributed by atoms with van der Waals surface area (Å²) in [6.07, 6.45) is 0. The van der Waals surface area contributed by atoms with Crippen molar-refractivity contribution in [3.8, 4) is 0 Å². The topological polar surface area (TPSA) is 9.72 Å². The van der Waals surface area contributed by atoms with Crippen molar-refractivity contribution in [1.82, 2.24) is 0 Å². The Morgan fingerprint density at radius 3 is 0.483 bits per heavy atom. The largest absolute Gasteiger partial charge is 0.334 e. The second-order valence-electron chi connectivity index (χ2n) is 12.8. The van der Waals surface area contributed by atoms with Crippen LogP contribution in [0, 0.1) is 18.2 Å². The Bertz CT molecular complexity index is 1860. The molecule has 0 saturated heterocycles. The van der Waals surface area contributed by atoms with E-state index in [-0.39, 0.29) is 21.1 Å². The summed E-state index contributed by atoms with van der Waals surface area (Å²) in [5.41, 5.74) is 10.3. The van der Waals surface area contributed by atoms with E-state index in [1.165, 1.54) is 0 Å². The number of hydrogen-bond donors (Lipinski definition) is 0. The molecular formula is C54H42N3W-3. The summed E-state index contributed by atoms with van der Waals surface area (Å²) >= 11 is 0. The van der Waals surface area contributed by atoms with Crippen LogP contribution in [0.5, 0.6) is 0 Å². The predicted octanol–water partition coefficient (Wildman–Crippen LogP) is 14.9. The van der Waals surface area contributed by atoms with Crippen molar-refractivity contribution in [2.45, 2.75) is 0 Å². The molecule has 0 fully saturated rings. The average Bonchev–Trinajstić information content (AvgIpc) is 3.30. The van der Waals surface area contributed by atoms with Gasteiger partial charge in [0.25, 0.3) is 0 Å². The molecule has 0 aromatic heterocycles. The molecule has 282 valence electrons. The predicted molar refractivity (Wildman–Crippen MR) is 240 cm³/mol. The molecule has 0 aliphatic heterocycles. The third kappa shape index (κ3) is 11.1. The fourth-order valence-electron chi connectivity index (χ4n) is 6.39. The van der Waals surface area contributed by atoms with Gasteiger partial charge in [-0.15, -0.1) is 36.4 Å². The zero-order valence-electron chi connectivity index (χ0n) is 32.0. The molecule has 0 saturated carbocycles. The van der Waals surface area contributed by atoms with E-state index in [2.05, 4.69) is 215 Å². The summed E-state index contributed by atoms with van der Waals surface area (Å²) < 4.78 is 0. The first-order valence-electron chi connectivity index (χ1n) is 18.9. The monoisotopic (exact) mass is 916 g/mol. The van der Waals surface area contributed by atoms with Gasteiger partial charge < -0.3 is 14.7 Å². The number of benzene rings is 9. The van der Waals surface area contributed by atoms with Crippen molar-refractivity contribution in [1.29, 1.82) is 0 Å². The number of para-hydroxylation sites is 6. The van der Waals surface area contributed by atoms with Crippen LogP contribution in [-0.2, 0) is 21.1 Å². The van der Waals surface area contributed by atoms with Crippen LogP contribution in [0.4, 0.5) is 51.2 Å². The normalized spacial score (nSPS) is 9.93. The van der Waals surface area contributed by atoms with Gasteiger partial charge in [0.05, 0.1) is 0 Å². The van der Waals surface area contributed by atoms with Gasteiger partial charge in [-0.25, -0.2) is 0 Å². The fourth-order valence-corrected chi connectivity index (χ4v) is 6.39. The summed E-state index contributed by atoms with van der Waals surface area (Å²) in [6, 6.07) is 95.5. The van der Waals surface area contributed by atoms with Crippen molar-refractivity contribution in [3.63, 3.8) is 0 Å². The maximum atomic E-state index is 3.06.